The van der Waals surface area contributed by atoms with E-state index in [-0.39, 0.29) is 18.2 Å². The highest BCUT2D eigenvalue weighted by Gasteiger charge is 2.37. The Balaban J connectivity index is 2.09. The molecule has 1 unspecified atom stereocenters. The van der Waals surface area contributed by atoms with Gasteiger partial charge in [0.05, 0.1) is 18.7 Å². The van der Waals surface area contributed by atoms with Gasteiger partial charge in [-0.2, -0.15) is 0 Å². The molecular weight excluding hydrogens is 268 g/mol. The molecule has 0 aromatic heterocycles. The first-order valence-corrected chi connectivity index (χ1v) is 7.35. The van der Waals surface area contributed by atoms with Crippen molar-refractivity contribution in [3.63, 3.8) is 0 Å². The van der Waals surface area contributed by atoms with Gasteiger partial charge in [-0.05, 0) is 25.0 Å². The summed E-state index contributed by atoms with van der Waals surface area (Å²) >= 11 is 0. The zero-order chi connectivity index (χ0) is 15.4. The Hall–Kier alpha value is -2.04. The number of hydrogen-bond acceptors (Lipinski definition) is 4. The van der Waals surface area contributed by atoms with Gasteiger partial charge in [0.2, 0.25) is 5.91 Å². The molecule has 1 heterocycles. The van der Waals surface area contributed by atoms with Gasteiger partial charge in [-0.25, -0.2) is 0 Å². The van der Waals surface area contributed by atoms with Crippen LogP contribution < -0.4 is 10.1 Å². The number of anilines is 1. The van der Waals surface area contributed by atoms with E-state index in [0.29, 0.717) is 24.8 Å². The minimum atomic E-state index is -0.499. The number of amides is 2. The van der Waals surface area contributed by atoms with E-state index in [0.717, 1.165) is 5.69 Å². The van der Waals surface area contributed by atoms with Crippen LogP contribution in [0.5, 0.6) is 5.75 Å². The monoisotopic (exact) mass is 290 g/mol. The Bertz CT molecular complexity index is 528. The van der Waals surface area contributed by atoms with Crippen LogP contribution >= 0.6 is 0 Å². The van der Waals surface area contributed by atoms with Crippen LogP contribution in [0.3, 0.4) is 0 Å². The van der Waals surface area contributed by atoms with Crippen molar-refractivity contribution in [2.45, 2.75) is 33.2 Å². The van der Waals surface area contributed by atoms with Crippen LogP contribution in [0.25, 0.3) is 0 Å². The van der Waals surface area contributed by atoms with Gasteiger partial charge >= 0.3 is 0 Å². The molecule has 1 aliphatic heterocycles. The first kappa shape index (κ1) is 15.4. The summed E-state index contributed by atoms with van der Waals surface area (Å²) in [4.78, 5) is 25.2. The molecule has 1 saturated heterocycles. The molecule has 114 valence electrons. The maximum Gasteiger partial charge on any atom is 0.252 e. The lowest BCUT2D eigenvalue weighted by molar-refractivity contribution is -0.138. The third-order valence-corrected chi connectivity index (χ3v) is 3.35. The van der Waals surface area contributed by atoms with E-state index < -0.39 is 6.04 Å². The van der Waals surface area contributed by atoms with Crippen molar-refractivity contribution < 1.29 is 14.3 Å². The fourth-order valence-electron chi connectivity index (χ4n) is 2.28. The van der Waals surface area contributed by atoms with E-state index in [9.17, 15) is 9.59 Å². The minimum Gasteiger partial charge on any atom is -0.491 e. The van der Waals surface area contributed by atoms with E-state index >= 15 is 0 Å². The Morgan fingerprint density at radius 1 is 1.33 bits per heavy atom. The molecule has 21 heavy (non-hydrogen) atoms. The Kier molecular flexibility index (Phi) is 4.83. The smallest absolute Gasteiger partial charge is 0.252 e. The topological polar surface area (TPSA) is 58.6 Å². The molecule has 0 aliphatic carbocycles. The van der Waals surface area contributed by atoms with Gasteiger partial charge in [-0.1, -0.05) is 26.0 Å². The number of carbonyl (C=O) groups excluding carboxylic acids is 2. The number of ether oxygens (including phenoxy) is 1. The van der Waals surface area contributed by atoms with Crippen LogP contribution in [0.2, 0.25) is 0 Å². The zero-order valence-corrected chi connectivity index (χ0v) is 12.8. The van der Waals surface area contributed by atoms with Gasteiger partial charge in [0.25, 0.3) is 5.91 Å². The number of para-hydroxylation sites is 2. The molecular formula is C16H22N2O3. The standard InChI is InChI=1S/C16H22N2O3/c1-4-18-15(19)9-13(16(18)20)17-12-7-5-6-8-14(12)21-10-11(2)3/h5-8,11,13,17H,4,9-10H2,1-3H3. The lowest BCUT2D eigenvalue weighted by Crippen LogP contribution is -2.34. The predicted molar refractivity (Wildman–Crippen MR) is 81.2 cm³/mol. The van der Waals surface area contributed by atoms with E-state index in [1.165, 1.54) is 4.90 Å². The van der Waals surface area contributed by atoms with Crippen molar-refractivity contribution in [3.8, 4) is 5.75 Å². The lowest BCUT2D eigenvalue weighted by atomic mass is 10.2. The summed E-state index contributed by atoms with van der Waals surface area (Å²) in [6.07, 6.45) is 0.200. The average Bonchev–Trinajstić information content (AvgIpc) is 2.72. The van der Waals surface area contributed by atoms with Crippen molar-refractivity contribution in [1.82, 2.24) is 4.90 Å². The number of carbonyl (C=O) groups is 2. The fraction of sp³-hybridized carbons (Fsp3) is 0.500. The third-order valence-electron chi connectivity index (χ3n) is 3.35. The van der Waals surface area contributed by atoms with Crippen LogP contribution in [-0.4, -0.2) is 35.9 Å². The molecule has 5 heteroatoms. The van der Waals surface area contributed by atoms with E-state index in [2.05, 4.69) is 19.2 Å². The lowest BCUT2D eigenvalue weighted by Gasteiger charge is -2.17. The zero-order valence-electron chi connectivity index (χ0n) is 12.8. The first-order chi connectivity index (χ1) is 10.0. The molecule has 0 radical (unpaired) electrons. The molecule has 1 fully saturated rings. The minimum absolute atomic E-state index is 0.124. The summed E-state index contributed by atoms with van der Waals surface area (Å²) in [5.74, 6) is 0.839. The average molecular weight is 290 g/mol. The summed E-state index contributed by atoms with van der Waals surface area (Å²) in [5.41, 5.74) is 0.752. The quantitative estimate of drug-likeness (QED) is 0.817. The molecule has 1 atom stereocenters. The molecule has 1 aromatic rings. The number of rotatable bonds is 6. The largest absolute Gasteiger partial charge is 0.491 e. The highest BCUT2D eigenvalue weighted by Crippen LogP contribution is 2.27. The summed E-state index contributed by atoms with van der Waals surface area (Å²) in [6.45, 7) is 6.99. The van der Waals surface area contributed by atoms with E-state index in [1.807, 2.05) is 24.3 Å². The molecule has 1 N–H and O–H groups in total. The SMILES string of the molecule is CCN1C(=O)CC(Nc2ccccc2OCC(C)C)C1=O. The van der Waals surface area contributed by atoms with Crippen LogP contribution in [-0.2, 0) is 9.59 Å². The van der Waals surface area contributed by atoms with Gasteiger partial charge < -0.3 is 10.1 Å². The summed E-state index contributed by atoms with van der Waals surface area (Å²) < 4.78 is 5.75. The number of benzene rings is 1. The number of hydrogen-bond donors (Lipinski definition) is 1. The molecule has 0 spiro atoms. The summed E-state index contributed by atoms with van der Waals surface area (Å²) in [6, 6.07) is 7.00. The predicted octanol–water partition coefficient (Wildman–Crippen LogP) is 2.28. The van der Waals surface area contributed by atoms with E-state index in [1.54, 1.807) is 6.92 Å². The van der Waals surface area contributed by atoms with E-state index in [4.69, 9.17) is 4.74 Å². The fourth-order valence-corrected chi connectivity index (χ4v) is 2.28. The highest BCUT2D eigenvalue weighted by atomic mass is 16.5. The second-order valence-corrected chi connectivity index (χ2v) is 5.58. The number of imide groups is 1. The van der Waals surface area contributed by atoms with Crippen LogP contribution in [0, 0.1) is 5.92 Å². The molecule has 0 saturated carbocycles. The Morgan fingerprint density at radius 3 is 2.67 bits per heavy atom. The molecule has 0 bridgehead atoms. The van der Waals surface area contributed by atoms with Crippen molar-refractivity contribution in [3.05, 3.63) is 24.3 Å². The Labute approximate surface area is 125 Å². The van der Waals surface area contributed by atoms with Crippen molar-refractivity contribution in [1.29, 1.82) is 0 Å². The second-order valence-electron chi connectivity index (χ2n) is 5.58. The number of nitrogens with one attached hydrogen (secondary N) is 1. The molecule has 2 amide bonds. The normalized spacial score (nSPS) is 18.5. The summed E-state index contributed by atoms with van der Waals surface area (Å²) in [5, 5.41) is 3.14. The van der Waals surface area contributed by atoms with Gasteiger partial charge in [-0.15, -0.1) is 0 Å². The van der Waals surface area contributed by atoms with Crippen LogP contribution in [0.1, 0.15) is 27.2 Å². The number of nitrogens with zero attached hydrogens (tertiary/aromatic N) is 1. The third kappa shape index (κ3) is 3.54. The first-order valence-electron chi connectivity index (χ1n) is 7.35. The van der Waals surface area contributed by atoms with Gasteiger partial charge in [-0.3, -0.25) is 14.5 Å². The van der Waals surface area contributed by atoms with Gasteiger partial charge in [0.1, 0.15) is 11.8 Å². The molecule has 1 aromatic carbocycles. The molecule has 5 nitrogen and oxygen atoms in total. The van der Waals surface area contributed by atoms with Gasteiger partial charge in [0, 0.05) is 6.54 Å². The van der Waals surface area contributed by atoms with Crippen molar-refractivity contribution in [2.75, 3.05) is 18.5 Å². The van der Waals surface area contributed by atoms with Crippen molar-refractivity contribution in [2.24, 2.45) is 5.92 Å². The molecule has 2 rings (SSSR count). The van der Waals surface area contributed by atoms with Crippen LogP contribution in [0.15, 0.2) is 24.3 Å². The maximum absolute atomic E-state index is 12.1. The van der Waals surface area contributed by atoms with Crippen LogP contribution in [0.4, 0.5) is 5.69 Å². The summed E-state index contributed by atoms with van der Waals surface area (Å²) in [7, 11) is 0. The number of likely N-dealkylation sites (N-methyl/N-ethyl adjacent to an activating group) is 1. The Morgan fingerprint density at radius 2 is 2.05 bits per heavy atom. The van der Waals surface area contributed by atoms with Crippen molar-refractivity contribution >= 4 is 17.5 Å². The second kappa shape index (κ2) is 6.61. The maximum atomic E-state index is 12.1. The number of likely N-dealkylation sites (tertiary alicyclic amines) is 1. The highest BCUT2D eigenvalue weighted by molar-refractivity contribution is 6.06. The van der Waals surface area contributed by atoms with Gasteiger partial charge in [0.15, 0.2) is 0 Å². The molecule has 1 aliphatic rings.